The van der Waals surface area contributed by atoms with Crippen LogP contribution in [0, 0.1) is 11.3 Å². The lowest BCUT2D eigenvalue weighted by Gasteiger charge is -2.54. The summed E-state index contributed by atoms with van der Waals surface area (Å²) < 4.78 is 34.3. The number of nitrogens with two attached hydrogens (primary N) is 2. The second-order valence-corrected chi connectivity index (χ2v) is 14.1. The third-order valence-corrected chi connectivity index (χ3v) is 9.35. The predicted molar refractivity (Wildman–Crippen MR) is 197 cm³/mol. The fraction of sp³-hybridized carbons (Fsp3) is 0.564. The molecule has 0 aromatic heterocycles. The first kappa shape index (κ1) is 33.8. The van der Waals surface area contributed by atoms with Gasteiger partial charge in [-0.05, 0) is 68.5 Å². The lowest BCUT2D eigenvalue weighted by molar-refractivity contribution is -0.149. The molecular formula is C39H57N7O5. The van der Waals surface area contributed by atoms with Crippen molar-refractivity contribution in [2.75, 3.05) is 32.6 Å². The number of rotatable bonds is 17. The minimum absolute atomic E-state index is 0.0124. The van der Waals surface area contributed by atoms with Gasteiger partial charge in [0.05, 0.1) is 11.5 Å². The van der Waals surface area contributed by atoms with Gasteiger partial charge >= 0.3 is 0 Å². The van der Waals surface area contributed by atoms with Crippen molar-refractivity contribution in [3.63, 3.8) is 0 Å². The van der Waals surface area contributed by atoms with Crippen molar-refractivity contribution in [1.29, 1.82) is 0 Å². The Morgan fingerprint density at radius 1 is 0.765 bits per heavy atom. The zero-order valence-electron chi connectivity index (χ0n) is 34.0. The van der Waals surface area contributed by atoms with Crippen molar-refractivity contribution < 1.29 is 29.5 Å². The summed E-state index contributed by atoms with van der Waals surface area (Å²) in [5.41, 5.74) is 12.2. The van der Waals surface area contributed by atoms with E-state index in [4.69, 9.17) is 17.0 Å². The molecule has 2 aliphatic heterocycles. The first-order valence-corrected chi connectivity index (χ1v) is 18.0. The summed E-state index contributed by atoms with van der Waals surface area (Å²) in [5.74, 6) is -2.82. The van der Waals surface area contributed by atoms with Crippen molar-refractivity contribution in [3.05, 3.63) is 71.8 Å². The number of nitrogens with one attached hydrogen (secondary N) is 3. The molecule has 2 aliphatic rings. The van der Waals surface area contributed by atoms with Crippen LogP contribution >= 0.6 is 0 Å². The molecule has 2 fully saturated rings. The monoisotopic (exact) mass is 707 g/mol. The number of hydrogen-bond donors (Lipinski definition) is 5. The average Bonchev–Trinajstić information content (AvgIpc) is 3.13. The van der Waals surface area contributed by atoms with Crippen molar-refractivity contribution in [1.82, 2.24) is 25.8 Å². The Morgan fingerprint density at radius 2 is 1.29 bits per heavy atom. The van der Waals surface area contributed by atoms with Gasteiger partial charge in [0.2, 0.25) is 29.5 Å². The average molecular weight is 708 g/mol. The van der Waals surface area contributed by atoms with Crippen molar-refractivity contribution in [3.8, 4) is 0 Å². The molecule has 2 saturated heterocycles. The maximum absolute atomic E-state index is 14.0. The molecule has 2 heterocycles. The Kier molecular flexibility index (Phi) is 12.5. The molecule has 278 valence electrons. The molecule has 2 aromatic rings. The number of piperidine rings is 1. The highest BCUT2D eigenvalue weighted by atomic mass is 16.2. The van der Waals surface area contributed by atoms with Gasteiger partial charge in [0, 0.05) is 44.8 Å². The molecule has 2 aromatic carbocycles. The number of amides is 5. The van der Waals surface area contributed by atoms with E-state index in [1.165, 1.54) is 4.90 Å². The first-order valence-electron chi connectivity index (χ1n) is 20.0. The molecule has 5 amide bonds. The molecule has 0 radical (unpaired) electrons. The van der Waals surface area contributed by atoms with E-state index in [0.29, 0.717) is 24.3 Å². The topological polar surface area (TPSA) is 180 Å². The van der Waals surface area contributed by atoms with E-state index in [1.54, 1.807) is 0 Å². The first-order chi connectivity index (χ1) is 25.9. The van der Waals surface area contributed by atoms with Crippen LogP contribution in [0.25, 0.3) is 0 Å². The molecule has 1 spiro atoms. The molecule has 12 heteroatoms. The molecule has 7 N–H and O–H groups in total. The van der Waals surface area contributed by atoms with Crippen LogP contribution in [0.5, 0.6) is 0 Å². The molecule has 4 unspecified atom stereocenters. The van der Waals surface area contributed by atoms with Gasteiger partial charge in [-0.25, -0.2) is 0 Å². The molecule has 12 nitrogen and oxygen atoms in total. The number of hydrogen-bond acceptors (Lipinski definition) is 7. The number of nitrogens with zero attached hydrogens (tertiary/aromatic N) is 2. The van der Waals surface area contributed by atoms with Crippen LogP contribution in [0.2, 0.25) is 0 Å². The highest BCUT2D eigenvalue weighted by Crippen LogP contribution is 2.40. The largest absolute Gasteiger partial charge is 0.343 e. The van der Waals surface area contributed by atoms with Crippen LogP contribution in [0.3, 0.4) is 0 Å². The Bertz CT molecular complexity index is 1620. The summed E-state index contributed by atoms with van der Waals surface area (Å²) in [5, 5.41) is 8.51. The highest BCUT2D eigenvalue weighted by Gasteiger charge is 2.47. The van der Waals surface area contributed by atoms with Gasteiger partial charge < -0.3 is 37.2 Å². The van der Waals surface area contributed by atoms with Crippen molar-refractivity contribution >= 4 is 29.5 Å². The SMILES string of the molecule is [2H]C1([2H])N(C(C)=O)C([2H])([2H])C12CCN(C(=O)C(CCCCN)NC(=O)C(CC(C)C)NC(=O)C(Cc1ccccc1)NC(=O)C(N)Cc1ccccc1)CC2. The molecular weight excluding hydrogens is 646 g/mol. The van der Waals surface area contributed by atoms with Gasteiger partial charge in [0.25, 0.3) is 0 Å². The lowest BCUT2D eigenvalue weighted by Crippen LogP contribution is -2.63. The summed E-state index contributed by atoms with van der Waals surface area (Å²) in [6.45, 7) is 0.935. The smallest absolute Gasteiger partial charge is 0.245 e. The van der Waals surface area contributed by atoms with E-state index >= 15 is 0 Å². The maximum Gasteiger partial charge on any atom is 0.245 e. The molecule has 0 saturated carbocycles. The molecule has 4 rings (SSSR count). The molecule has 51 heavy (non-hydrogen) atoms. The number of carbonyl (C=O) groups is 5. The highest BCUT2D eigenvalue weighted by molar-refractivity contribution is 5.95. The fourth-order valence-corrected chi connectivity index (χ4v) is 6.43. The van der Waals surface area contributed by atoms with Gasteiger partial charge in [0.15, 0.2) is 0 Å². The predicted octanol–water partition coefficient (Wildman–Crippen LogP) is 1.90. The van der Waals surface area contributed by atoms with E-state index in [-0.39, 0.29) is 57.5 Å². The Labute approximate surface area is 308 Å². The fourth-order valence-electron chi connectivity index (χ4n) is 6.43. The van der Waals surface area contributed by atoms with Crippen LogP contribution in [0.1, 0.15) is 75.9 Å². The Hall–Kier alpha value is -4.29. The lowest BCUT2D eigenvalue weighted by atomic mass is 9.72. The summed E-state index contributed by atoms with van der Waals surface area (Å²) >= 11 is 0. The van der Waals surface area contributed by atoms with Gasteiger partial charge in [0.1, 0.15) is 18.1 Å². The van der Waals surface area contributed by atoms with Crippen LogP contribution in [-0.2, 0) is 36.8 Å². The minimum atomic E-state index is -2.22. The van der Waals surface area contributed by atoms with Crippen LogP contribution < -0.4 is 27.4 Å². The van der Waals surface area contributed by atoms with Gasteiger partial charge in [-0.2, -0.15) is 0 Å². The number of likely N-dealkylation sites (tertiary alicyclic amines) is 2. The molecule has 0 aliphatic carbocycles. The summed E-state index contributed by atoms with van der Waals surface area (Å²) in [6.07, 6.45) is 2.01. The van der Waals surface area contributed by atoms with Gasteiger partial charge in [-0.15, -0.1) is 0 Å². The third-order valence-electron chi connectivity index (χ3n) is 9.35. The Balaban J connectivity index is 1.49. The van der Waals surface area contributed by atoms with Crippen LogP contribution in [-0.4, -0.2) is 96.1 Å². The normalized spacial score (nSPS) is 20.7. The number of carbonyl (C=O) groups excluding carboxylic acids is 5. The summed E-state index contributed by atoms with van der Waals surface area (Å²) in [6, 6.07) is 14.4. The summed E-state index contributed by atoms with van der Waals surface area (Å²) in [4.78, 5) is 69.6. The number of unbranched alkanes of at least 4 members (excludes halogenated alkanes) is 1. The zero-order valence-corrected chi connectivity index (χ0v) is 30.0. The molecule has 4 atom stereocenters. The standard InChI is InChI=1S/C39H57N7O5/c1-27(2)22-33(36(49)42-32(16-10-11-19-40)38(51)45-20-17-39(18-21-45)25-46(26-39)28(3)47)44-37(50)34(24-30-14-8-5-9-15-30)43-35(48)31(41)23-29-12-6-4-7-13-29/h4-9,12-15,27,31-34H,10-11,16-26,40-41H2,1-3H3,(H,42,49)(H,43,48)(H,44,50)/i25D2,26D2. The van der Waals surface area contributed by atoms with Crippen LogP contribution in [0.4, 0.5) is 0 Å². The van der Waals surface area contributed by atoms with Crippen LogP contribution in [0.15, 0.2) is 60.7 Å². The van der Waals surface area contributed by atoms with Crippen molar-refractivity contribution in [2.24, 2.45) is 22.8 Å². The van der Waals surface area contributed by atoms with E-state index in [1.807, 2.05) is 74.5 Å². The second-order valence-electron chi connectivity index (χ2n) is 14.1. The van der Waals surface area contributed by atoms with E-state index in [0.717, 1.165) is 18.1 Å². The second kappa shape index (κ2) is 18.8. The van der Waals surface area contributed by atoms with E-state index in [9.17, 15) is 24.0 Å². The van der Waals surface area contributed by atoms with Crippen molar-refractivity contribution in [2.45, 2.75) is 96.3 Å². The molecule has 0 bridgehead atoms. The minimum Gasteiger partial charge on any atom is -0.343 e. The van der Waals surface area contributed by atoms with Gasteiger partial charge in [-0.1, -0.05) is 74.5 Å². The third kappa shape index (κ3) is 11.6. The zero-order chi connectivity index (χ0) is 40.6. The van der Waals surface area contributed by atoms with Gasteiger partial charge in [-0.3, -0.25) is 24.0 Å². The van der Waals surface area contributed by atoms with E-state index in [2.05, 4.69) is 16.0 Å². The quantitative estimate of drug-likeness (QED) is 0.156. The number of benzene rings is 2. The summed E-state index contributed by atoms with van der Waals surface area (Å²) in [7, 11) is 0. The Morgan fingerprint density at radius 3 is 1.84 bits per heavy atom. The maximum atomic E-state index is 14.0. The van der Waals surface area contributed by atoms with E-state index < -0.39 is 72.1 Å².